The Balaban J connectivity index is 2.48. The van der Waals surface area contributed by atoms with Crippen molar-refractivity contribution in [1.82, 2.24) is 0 Å². The summed E-state index contributed by atoms with van der Waals surface area (Å²) in [5.41, 5.74) is 1.37. The van der Waals surface area contributed by atoms with E-state index in [0.29, 0.717) is 6.42 Å². The van der Waals surface area contributed by atoms with Gasteiger partial charge in [-0.1, -0.05) is 20.3 Å². The Morgan fingerprint density at radius 1 is 1.29 bits per heavy atom. The number of hydrogen-bond donors (Lipinski definition) is 0. The van der Waals surface area contributed by atoms with Crippen LogP contribution in [0.25, 0.3) is 0 Å². The van der Waals surface area contributed by atoms with Crippen LogP contribution >= 0.6 is 0 Å². The number of ether oxygens (including phenoxy) is 1. The Hall–Kier alpha value is -0.790. The summed E-state index contributed by atoms with van der Waals surface area (Å²) in [6.07, 6.45) is 6.90. The van der Waals surface area contributed by atoms with E-state index in [0.717, 1.165) is 44.3 Å². The molecule has 2 nitrogen and oxygen atoms in total. The molecule has 0 atom stereocenters. The van der Waals surface area contributed by atoms with Crippen molar-refractivity contribution in [2.45, 2.75) is 58.8 Å². The fourth-order valence-electron chi connectivity index (χ4n) is 1.86. The first kappa shape index (κ1) is 11.3. The van der Waals surface area contributed by atoms with Crippen LogP contribution in [0.4, 0.5) is 0 Å². The van der Waals surface area contributed by atoms with Gasteiger partial charge in [0.15, 0.2) is 0 Å². The molecular weight excluding hydrogens is 176 g/mol. The third-order valence-corrected chi connectivity index (χ3v) is 2.52. The smallest absolute Gasteiger partial charge is 0.310 e. The number of rotatable bonds is 5. The molecule has 0 aliphatic heterocycles. The Morgan fingerprint density at radius 2 is 2.07 bits per heavy atom. The molecule has 0 saturated heterocycles. The molecule has 0 saturated carbocycles. The number of allylic oxidation sites excluding steroid dienone is 2. The lowest BCUT2D eigenvalue weighted by atomic mass is 10.1. The number of carbonyl (C=O) groups is 1. The van der Waals surface area contributed by atoms with Crippen molar-refractivity contribution in [3.63, 3.8) is 0 Å². The molecule has 0 aromatic carbocycles. The second-order valence-electron chi connectivity index (χ2n) is 3.85. The van der Waals surface area contributed by atoms with Gasteiger partial charge in [0, 0.05) is 12.8 Å². The molecule has 0 aromatic rings. The van der Waals surface area contributed by atoms with Crippen LogP contribution in [0, 0.1) is 0 Å². The van der Waals surface area contributed by atoms with Gasteiger partial charge in [0.25, 0.3) is 0 Å². The molecule has 0 spiro atoms. The molecule has 0 unspecified atom stereocenters. The van der Waals surface area contributed by atoms with Crippen LogP contribution in [0.5, 0.6) is 0 Å². The second kappa shape index (κ2) is 5.84. The molecular formula is C12H20O2. The fraction of sp³-hybridized carbons (Fsp3) is 0.750. The summed E-state index contributed by atoms with van der Waals surface area (Å²) < 4.78 is 5.36. The van der Waals surface area contributed by atoms with E-state index in [1.807, 2.05) is 6.92 Å². The van der Waals surface area contributed by atoms with E-state index >= 15 is 0 Å². The van der Waals surface area contributed by atoms with Crippen molar-refractivity contribution in [3.8, 4) is 0 Å². The first-order chi connectivity index (χ1) is 6.77. The monoisotopic (exact) mass is 196 g/mol. The molecule has 0 fully saturated rings. The maximum Gasteiger partial charge on any atom is 0.310 e. The summed E-state index contributed by atoms with van der Waals surface area (Å²) >= 11 is 0. The molecule has 0 aromatic heterocycles. The van der Waals surface area contributed by atoms with Crippen molar-refractivity contribution in [2.75, 3.05) is 0 Å². The lowest BCUT2D eigenvalue weighted by Crippen LogP contribution is -2.03. The summed E-state index contributed by atoms with van der Waals surface area (Å²) in [6, 6.07) is 0. The minimum atomic E-state index is -0.0574. The first-order valence-electron chi connectivity index (χ1n) is 5.69. The molecule has 1 aliphatic rings. The number of carbonyl (C=O) groups excluding carboxylic acids is 1. The minimum Gasteiger partial charge on any atom is -0.431 e. The van der Waals surface area contributed by atoms with E-state index in [2.05, 4.69) is 6.92 Å². The lowest BCUT2D eigenvalue weighted by molar-refractivity contribution is -0.139. The normalized spacial score (nSPS) is 16.1. The van der Waals surface area contributed by atoms with Crippen molar-refractivity contribution < 1.29 is 9.53 Å². The molecule has 14 heavy (non-hydrogen) atoms. The third-order valence-electron chi connectivity index (χ3n) is 2.52. The number of esters is 1. The van der Waals surface area contributed by atoms with Gasteiger partial charge >= 0.3 is 5.97 Å². The van der Waals surface area contributed by atoms with Gasteiger partial charge in [-0.25, -0.2) is 0 Å². The van der Waals surface area contributed by atoms with Crippen LogP contribution in [0.3, 0.4) is 0 Å². The van der Waals surface area contributed by atoms with Crippen molar-refractivity contribution in [3.05, 3.63) is 11.3 Å². The predicted octanol–water partition coefficient (Wildman–Crippen LogP) is 3.57. The van der Waals surface area contributed by atoms with Crippen molar-refractivity contribution >= 4 is 5.97 Å². The van der Waals surface area contributed by atoms with Crippen LogP contribution < -0.4 is 0 Å². The van der Waals surface area contributed by atoms with Crippen LogP contribution in [0.15, 0.2) is 11.3 Å². The number of hydrogen-bond acceptors (Lipinski definition) is 2. The van der Waals surface area contributed by atoms with E-state index in [1.54, 1.807) is 0 Å². The Labute approximate surface area is 86.3 Å². The van der Waals surface area contributed by atoms with Gasteiger partial charge in [-0.05, 0) is 31.3 Å². The van der Waals surface area contributed by atoms with Crippen LogP contribution in [0.1, 0.15) is 58.8 Å². The zero-order valence-corrected chi connectivity index (χ0v) is 9.27. The summed E-state index contributed by atoms with van der Waals surface area (Å²) in [4.78, 5) is 11.3. The van der Waals surface area contributed by atoms with Crippen LogP contribution in [0.2, 0.25) is 0 Å². The maximum absolute atomic E-state index is 11.3. The van der Waals surface area contributed by atoms with Crippen LogP contribution in [-0.2, 0) is 9.53 Å². The van der Waals surface area contributed by atoms with E-state index in [4.69, 9.17) is 4.74 Å². The SMILES string of the molecule is CCCC(=O)OC1=C(CCC)CCC1. The summed E-state index contributed by atoms with van der Waals surface area (Å²) in [5, 5.41) is 0. The zero-order valence-electron chi connectivity index (χ0n) is 9.27. The Kier molecular flexibility index (Phi) is 4.71. The average Bonchev–Trinajstić information content (AvgIpc) is 2.54. The summed E-state index contributed by atoms with van der Waals surface area (Å²) in [5.74, 6) is 0.920. The lowest BCUT2D eigenvalue weighted by Gasteiger charge is -2.07. The standard InChI is InChI=1S/C12H20O2/c1-3-6-10-8-5-9-11(10)14-12(13)7-4-2/h3-9H2,1-2H3. The third kappa shape index (κ3) is 3.17. The molecule has 0 N–H and O–H groups in total. The second-order valence-corrected chi connectivity index (χ2v) is 3.85. The van der Waals surface area contributed by atoms with Crippen LogP contribution in [-0.4, -0.2) is 5.97 Å². The highest BCUT2D eigenvalue weighted by atomic mass is 16.5. The van der Waals surface area contributed by atoms with E-state index in [9.17, 15) is 4.79 Å². The van der Waals surface area contributed by atoms with E-state index in [-0.39, 0.29) is 5.97 Å². The first-order valence-corrected chi connectivity index (χ1v) is 5.69. The highest BCUT2D eigenvalue weighted by Gasteiger charge is 2.17. The van der Waals surface area contributed by atoms with Gasteiger partial charge < -0.3 is 4.74 Å². The molecule has 0 bridgehead atoms. The maximum atomic E-state index is 11.3. The van der Waals surface area contributed by atoms with Gasteiger partial charge in [0.2, 0.25) is 0 Å². The molecule has 0 amide bonds. The van der Waals surface area contributed by atoms with E-state index < -0.39 is 0 Å². The van der Waals surface area contributed by atoms with Crippen molar-refractivity contribution in [1.29, 1.82) is 0 Å². The topological polar surface area (TPSA) is 26.3 Å². The zero-order chi connectivity index (χ0) is 10.4. The highest BCUT2D eigenvalue weighted by molar-refractivity contribution is 5.70. The average molecular weight is 196 g/mol. The minimum absolute atomic E-state index is 0.0574. The molecule has 80 valence electrons. The van der Waals surface area contributed by atoms with Gasteiger partial charge in [0.1, 0.15) is 5.76 Å². The van der Waals surface area contributed by atoms with Gasteiger partial charge in [-0.15, -0.1) is 0 Å². The Bertz CT molecular complexity index is 228. The summed E-state index contributed by atoms with van der Waals surface area (Å²) in [7, 11) is 0. The predicted molar refractivity (Wildman–Crippen MR) is 56.8 cm³/mol. The van der Waals surface area contributed by atoms with E-state index in [1.165, 1.54) is 5.57 Å². The molecule has 2 heteroatoms. The largest absolute Gasteiger partial charge is 0.431 e. The summed E-state index contributed by atoms with van der Waals surface area (Å²) in [6.45, 7) is 4.16. The fourth-order valence-corrected chi connectivity index (χ4v) is 1.86. The molecule has 0 heterocycles. The van der Waals surface area contributed by atoms with Gasteiger partial charge in [-0.3, -0.25) is 4.79 Å². The molecule has 1 rings (SSSR count). The Morgan fingerprint density at radius 3 is 2.71 bits per heavy atom. The molecule has 0 radical (unpaired) electrons. The molecule has 1 aliphatic carbocycles. The van der Waals surface area contributed by atoms with Gasteiger partial charge in [-0.2, -0.15) is 0 Å². The van der Waals surface area contributed by atoms with Gasteiger partial charge in [0.05, 0.1) is 0 Å². The highest BCUT2D eigenvalue weighted by Crippen LogP contribution is 2.30. The van der Waals surface area contributed by atoms with Crippen molar-refractivity contribution in [2.24, 2.45) is 0 Å². The quantitative estimate of drug-likeness (QED) is 0.628.